The molecule has 0 bridgehead atoms. The lowest BCUT2D eigenvalue weighted by Crippen LogP contribution is -2.09. The van der Waals surface area contributed by atoms with Crippen LogP contribution >= 0.6 is 11.6 Å². The van der Waals surface area contributed by atoms with Gasteiger partial charge in [-0.25, -0.2) is 0 Å². The van der Waals surface area contributed by atoms with Gasteiger partial charge in [0.25, 0.3) is 0 Å². The number of halogens is 1. The van der Waals surface area contributed by atoms with Crippen molar-refractivity contribution in [1.29, 1.82) is 0 Å². The van der Waals surface area contributed by atoms with Crippen molar-refractivity contribution in [3.05, 3.63) is 0 Å². The van der Waals surface area contributed by atoms with Crippen LogP contribution in [0, 0.1) is 17.3 Å². The van der Waals surface area contributed by atoms with Gasteiger partial charge in [0.15, 0.2) is 0 Å². The highest BCUT2D eigenvalue weighted by Crippen LogP contribution is 2.59. The normalized spacial score (nSPS) is 36.5. The molecular weight excluding hydrogens is 168 g/mol. The Balaban J connectivity index is 2.38. The summed E-state index contributed by atoms with van der Waals surface area (Å²) in [7, 11) is 0. The Morgan fingerprint density at radius 3 is 2.50 bits per heavy atom. The van der Waals surface area contributed by atoms with E-state index in [1.807, 2.05) is 0 Å². The molecule has 1 heteroatoms. The van der Waals surface area contributed by atoms with E-state index in [1.165, 1.54) is 25.7 Å². The number of rotatable bonds is 5. The van der Waals surface area contributed by atoms with E-state index in [2.05, 4.69) is 20.8 Å². The molecule has 0 saturated heterocycles. The first-order valence-corrected chi connectivity index (χ1v) is 5.78. The summed E-state index contributed by atoms with van der Waals surface area (Å²) < 4.78 is 0. The Kier molecular flexibility index (Phi) is 3.46. The summed E-state index contributed by atoms with van der Waals surface area (Å²) in [6.45, 7) is 6.96. The van der Waals surface area contributed by atoms with Gasteiger partial charge >= 0.3 is 0 Å². The fourth-order valence-electron chi connectivity index (χ4n) is 2.32. The Labute approximate surface area is 81.7 Å². The first-order chi connectivity index (χ1) is 5.68. The quantitative estimate of drug-likeness (QED) is 0.571. The van der Waals surface area contributed by atoms with Crippen LogP contribution in [0.1, 0.15) is 46.5 Å². The van der Waals surface area contributed by atoms with E-state index >= 15 is 0 Å². The summed E-state index contributed by atoms with van der Waals surface area (Å²) in [5, 5.41) is 0. The van der Waals surface area contributed by atoms with Crippen molar-refractivity contribution in [1.82, 2.24) is 0 Å². The zero-order valence-electron chi connectivity index (χ0n) is 8.57. The second-order valence-corrected chi connectivity index (χ2v) is 4.80. The molecule has 3 unspecified atom stereocenters. The molecule has 0 aromatic heterocycles. The fourth-order valence-corrected chi connectivity index (χ4v) is 2.75. The predicted molar refractivity (Wildman–Crippen MR) is 55.6 cm³/mol. The van der Waals surface area contributed by atoms with Gasteiger partial charge in [0.1, 0.15) is 0 Å². The van der Waals surface area contributed by atoms with Crippen LogP contribution in [-0.4, -0.2) is 5.88 Å². The first-order valence-electron chi connectivity index (χ1n) is 5.24. The van der Waals surface area contributed by atoms with Gasteiger partial charge in [0, 0.05) is 5.88 Å². The van der Waals surface area contributed by atoms with Crippen LogP contribution in [0.25, 0.3) is 0 Å². The van der Waals surface area contributed by atoms with Gasteiger partial charge in [-0.05, 0) is 30.1 Å². The fraction of sp³-hybridized carbons (Fsp3) is 1.00. The number of alkyl halides is 1. The number of hydrogen-bond donors (Lipinski definition) is 0. The highest BCUT2D eigenvalue weighted by molar-refractivity contribution is 6.18. The van der Waals surface area contributed by atoms with Crippen molar-refractivity contribution >= 4 is 11.6 Å². The highest BCUT2D eigenvalue weighted by atomic mass is 35.5. The minimum atomic E-state index is 0.650. The molecule has 0 nitrogen and oxygen atoms in total. The third kappa shape index (κ3) is 1.96. The van der Waals surface area contributed by atoms with Crippen LogP contribution in [-0.2, 0) is 0 Å². The van der Waals surface area contributed by atoms with Gasteiger partial charge < -0.3 is 0 Å². The molecule has 0 radical (unpaired) electrons. The summed E-state index contributed by atoms with van der Waals surface area (Å²) in [6, 6.07) is 0. The van der Waals surface area contributed by atoms with Crippen molar-refractivity contribution in [2.24, 2.45) is 17.3 Å². The molecule has 1 aliphatic rings. The third-order valence-corrected chi connectivity index (χ3v) is 4.07. The number of hydrogen-bond acceptors (Lipinski definition) is 0. The first kappa shape index (κ1) is 10.4. The maximum Gasteiger partial charge on any atom is 0.0257 e. The van der Waals surface area contributed by atoms with Gasteiger partial charge in [0.2, 0.25) is 0 Å². The summed E-state index contributed by atoms with van der Waals surface area (Å²) in [5.41, 5.74) is 0.650. The second-order valence-electron chi connectivity index (χ2n) is 4.49. The third-order valence-electron chi connectivity index (χ3n) is 3.70. The molecule has 0 heterocycles. The van der Waals surface area contributed by atoms with Gasteiger partial charge in [-0.2, -0.15) is 0 Å². The average molecular weight is 189 g/mol. The molecule has 0 amide bonds. The Morgan fingerprint density at radius 1 is 1.50 bits per heavy atom. The Bertz CT molecular complexity index is 144. The molecule has 1 rings (SSSR count). The van der Waals surface area contributed by atoms with Crippen molar-refractivity contribution in [3.8, 4) is 0 Å². The largest absolute Gasteiger partial charge is 0.126 e. The molecule has 1 fully saturated rings. The molecule has 0 aromatic carbocycles. The van der Waals surface area contributed by atoms with Crippen molar-refractivity contribution in [2.45, 2.75) is 46.5 Å². The van der Waals surface area contributed by atoms with E-state index in [9.17, 15) is 0 Å². The standard InChI is InChI=1S/C11H21Cl/c1-4-9(3)6-11(5-2)7-10(11)8-12/h9-10H,4-8H2,1-3H3. The van der Waals surface area contributed by atoms with Crippen LogP contribution in [0.5, 0.6) is 0 Å². The van der Waals surface area contributed by atoms with Gasteiger partial charge in [-0.15, -0.1) is 11.6 Å². The molecule has 12 heavy (non-hydrogen) atoms. The highest BCUT2D eigenvalue weighted by Gasteiger charge is 2.51. The molecule has 3 atom stereocenters. The SMILES string of the molecule is CCC(C)CC1(CC)CC1CCl. The lowest BCUT2D eigenvalue weighted by atomic mass is 9.88. The van der Waals surface area contributed by atoms with Crippen LogP contribution in [0.3, 0.4) is 0 Å². The van der Waals surface area contributed by atoms with E-state index in [0.717, 1.165) is 17.7 Å². The van der Waals surface area contributed by atoms with Crippen LogP contribution in [0.2, 0.25) is 0 Å². The zero-order valence-corrected chi connectivity index (χ0v) is 9.32. The molecule has 0 aliphatic heterocycles. The summed E-state index contributed by atoms with van der Waals surface area (Å²) in [6.07, 6.45) is 5.43. The predicted octanol–water partition coefficient (Wildman–Crippen LogP) is 4.08. The van der Waals surface area contributed by atoms with Crippen molar-refractivity contribution < 1.29 is 0 Å². The summed E-state index contributed by atoms with van der Waals surface area (Å²) in [5.74, 6) is 2.60. The summed E-state index contributed by atoms with van der Waals surface area (Å²) >= 11 is 5.89. The molecule has 1 aliphatic carbocycles. The van der Waals surface area contributed by atoms with E-state index in [0.29, 0.717) is 5.41 Å². The molecule has 0 N–H and O–H groups in total. The van der Waals surface area contributed by atoms with E-state index < -0.39 is 0 Å². The topological polar surface area (TPSA) is 0 Å². The van der Waals surface area contributed by atoms with Gasteiger partial charge in [-0.3, -0.25) is 0 Å². The molecule has 1 saturated carbocycles. The monoisotopic (exact) mass is 188 g/mol. The molecule has 72 valence electrons. The summed E-state index contributed by atoms with van der Waals surface area (Å²) in [4.78, 5) is 0. The second kappa shape index (κ2) is 4.00. The maximum atomic E-state index is 5.89. The van der Waals surface area contributed by atoms with Crippen LogP contribution < -0.4 is 0 Å². The lowest BCUT2D eigenvalue weighted by molar-refractivity contribution is 0.332. The van der Waals surface area contributed by atoms with E-state index in [4.69, 9.17) is 11.6 Å². The minimum absolute atomic E-state index is 0.650. The molecule has 0 aromatic rings. The Hall–Kier alpha value is 0.290. The molecule has 0 spiro atoms. The molecular formula is C11H21Cl. The van der Waals surface area contributed by atoms with Gasteiger partial charge in [-0.1, -0.05) is 33.6 Å². The smallest absolute Gasteiger partial charge is 0.0257 e. The van der Waals surface area contributed by atoms with Crippen LogP contribution in [0.15, 0.2) is 0 Å². The van der Waals surface area contributed by atoms with Gasteiger partial charge in [0.05, 0.1) is 0 Å². The van der Waals surface area contributed by atoms with E-state index in [-0.39, 0.29) is 0 Å². The zero-order chi connectivity index (χ0) is 9.19. The average Bonchev–Trinajstić information content (AvgIpc) is 2.79. The van der Waals surface area contributed by atoms with Crippen molar-refractivity contribution in [2.75, 3.05) is 5.88 Å². The maximum absolute atomic E-state index is 5.89. The minimum Gasteiger partial charge on any atom is -0.126 e. The van der Waals surface area contributed by atoms with Crippen molar-refractivity contribution in [3.63, 3.8) is 0 Å². The van der Waals surface area contributed by atoms with E-state index in [1.54, 1.807) is 0 Å². The lowest BCUT2D eigenvalue weighted by Gasteiger charge is -2.18. The Morgan fingerprint density at radius 2 is 2.17 bits per heavy atom. The van der Waals surface area contributed by atoms with Crippen LogP contribution in [0.4, 0.5) is 0 Å².